The Morgan fingerprint density at radius 3 is 2.27 bits per heavy atom. The summed E-state index contributed by atoms with van der Waals surface area (Å²) in [5.74, 6) is 0. The van der Waals surface area contributed by atoms with Gasteiger partial charge in [0.05, 0.1) is 31.0 Å². The van der Waals surface area contributed by atoms with Crippen molar-refractivity contribution in [2.75, 3.05) is 36.1 Å². The monoisotopic (exact) mass is 509 g/mol. The molecule has 6 rings (SSSR count). The number of aryl methyl sites for hydroxylation is 1. The molecule has 7 heteroatoms. The van der Waals surface area contributed by atoms with E-state index in [9.17, 15) is 0 Å². The fourth-order valence-corrected chi connectivity index (χ4v) is 6.00. The van der Waals surface area contributed by atoms with E-state index < -0.39 is 0 Å². The zero-order chi connectivity index (χ0) is 25.4. The van der Waals surface area contributed by atoms with Crippen molar-refractivity contribution >= 4 is 28.7 Å². The number of ether oxygens (including phenoxy) is 1. The molecule has 0 radical (unpaired) electrons. The molecule has 2 saturated heterocycles. The zero-order valence-corrected chi connectivity index (χ0v) is 22.0. The van der Waals surface area contributed by atoms with Gasteiger partial charge in [-0.3, -0.25) is 4.98 Å². The Labute approximate surface area is 223 Å². The number of rotatable bonds is 5. The van der Waals surface area contributed by atoms with Crippen LogP contribution >= 0.6 is 12.2 Å². The second-order valence-corrected chi connectivity index (χ2v) is 10.00. The predicted molar refractivity (Wildman–Crippen MR) is 153 cm³/mol. The summed E-state index contributed by atoms with van der Waals surface area (Å²) in [5, 5.41) is 4.29. The Bertz CT molecular complexity index is 1380. The fraction of sp³-hybridized carbons (Fsp3) is 0.267. The summed E-state index contributed by atoms with van der Waals surface area (Å²) in [6.07, 6.45) is 1.85. The summed E-state index contributed by atoms with van der Waals surface area (Å²) in [6.45, 7) is 7.82. The van der Waals surface area contributed by atoms with Gasteiger partial charge >= 0.3 is 0 Å². The molecule has 1 N–H and O–H groups in total. The second kappa shape index (κ2) is 10.00. The zero-order valence-electron chi connectivity index (χ0n) is 21.2. The van der Waals surface area contributed by atoms with Gasteiger partial charge in [-0.05, 0) is 86.2 Å². The van der Waals surface area contributed by atoms with E-state index in [2.05, 4.69) is 94.2 Å². The van der Waals surface area contributed by atoms with Crippen LogP contribution in [-0.2, 0) is 4.74 Å². The molecule has 2 atom stereocenters. The van der Waals surface area contributed by atoms with E-state index in [-0.39, 0.29) is 12.1 Å². The van der Waals surface area contributed by atoms with Gasteiger partial charge in [0.25, 0.3) is 0 Å². The van der Waals surface area contributed by atoms with Crippen molar-refractivity contribution in [3.05, 3.63) is 108 Å². The minimum atomic E-state index is -0.0634. The number of hydrogen-bond acceptors (Lipinski definition) is 4. The van der Waals surface area contributed by atoms with E-state index in [1.165, 1.54) is 22.6 Å². The number of para-hydroxylation sites is 1. The molecule has 0 unspecified atom stereocenters. The number of hydrogen-bond donors (Lipinski definition) is 1. The molecule has 2 aromatic heterocycles. The first-order valence-electron chi connectivity index (χ1n) is 12.8. The number of pyridine rings is 1. The number of aromatic nitrogens is 2. The summed E-state index contributed by atoms with van der Waals surface area (Å²) in [4.78, 5) is 9.32. The molecule has 2 aliphatic heterocycles. The molecule has 37 heavy (non-hydrogen) atoms. The van der Waals surface area contributed by atoms with Crippen LogP contribution in [0.4, 0.5) is 11.4 Å². The number of benzene rings is 2. The maximum absolute atomic E-state index is 5.90. The Kier molecular flexibility index (Phi) is 6.40. The lowest BCUT2D eigenvalue weighted by molar-refractivity contribution is 0.122. The lowest BCUT2D eigenvalue weighted by atomic mass is 9.96. The molecular formula is C30H31N5OS. The maximum Gasteiger partial charge on any atom is 0.174 e. The number of thiocarbonyl (C=S) groups is 1. The molecule has 4 aromatic rings. The molecular weight excluding hydrogens is 478 g/mol. The molecule has 2 aliphatic rings. The first kappa shape index (κ1) is 23.7. The van der Waals surface area contributed by atoms with E-state index in [1.807, 2.05) is 24.4 Å². The molecule has 0 bridgehead atoms. The summed E-state index contributed by atoms with van der Waals surface area (Å²) in [5.41, 5.74) is 8.09. The summed E-state index contributed by atoms with van der Waals surface area (Å²) < 4.78 is 7.86. The SMILES string of the molecule is Cc1cc([C@H]2[C@@H](c3ccccn3)NC(=S)N2c2ccccc2)c(C)n1-c1ccc(N2CCOCC2)cc1. The molecule has 6 nitrogen and oxygen atoms in total. The Balaban J connectivity index is 1.41. The molecule has 0 spiro atoms. The predicted octanol–water partition coefficient (Wildman–Crippen LogP) is 5.50. The van der Waals surface area contributed by atoms with E-state index in [0.29, 0.717) is 5.11 Å². The third kappa shape index (κ3) is 4.38. The lowest BCUT2D eigenvalue weighted by Gasteiger charge is -2.29. The third-order valence-corrected chi connectivity index (χ3v) is 7.72. The van der Waals surface area contributed by atoms with Gasteiger partial charge in [0.1, 0.15) is 0 Å². The van der Waals surface area contributed by atoms with E-state index >= 15 is 0 Å². The summed E-state index contributed by atoms with van der Waals surface area (Å²) >= 11 is 5.90. The fourth-order valence-electron chi connectivity index (χ4n) is 5.66. The van der Waals surface area contributed by atoms with Gasteiger partial charge in [0.2, 0.25) is 0 Å². The molecule has 0 aliphatic carbocycles. The van der Waals surface area contributed by atoms with Crippen LogP contribution in [0, 0.1) is 13.8 Å². The standard InChI is InChI=1S/C30H31N5OS/c1-21-20-26(22(2)34(21)25-13-11-23(12-14-25)33-16-18-36-19-17-33)29-28(27-10-6-7-15-31-27)32-30(37)35(29)24-8-4-3-5-9-24/h3-15,20,28-29H,16-19H2,1-2H3,(H,32,37)/t28-,29+/m1/s1. The highest BCUT2D eigenvalue weighted by Crippen LogP contribution is 2.43. The lowest BCUT2D eigenvalue weighted by Crippen LogP contribution is -2.36. The van der Waals surface area contributed by atoms with Gasteiger partial charge < -0.3 is 24.4 Å². The van der Waals surface area contributed by atoms with Crippen molar-refractivity contribution in [1.82, 2.24) is 14.9 Å². The van der Waals surface area contributed by atoms with Crippen molar-refractivity contribution in [1.29, 1.82) is 0 Å². The third-order valence-electron chi connectivity index (χ3n) is 7.41. The number of nitrogens with zero attached hydrogens (tertiary/aromatic N) is 4. The first-order valence-corrected chi connectivity index (χ1v) is 13.2. The van der Waals surface area contributed by atoms with Gasteiger partial charge in [-0.1, -0.05) is 24.3 Å². The smallest absolute Gasteiger partial charge is 0.174 e. The van der Waals surface area contributed by atoms with Crippen LogP contribution in [0.25, 0.3) is 5.69 Å². The van der Waals surface area contributed by atoms with Crippen LogP contribution < -0.4 is 15.1 Å². The number of nitrogens with one attached hydrogen (secondary N) is 1. The molecule has 4 heterocycles. The average Bonchev–Trinajstić information content (AvgIpc) is 3.45. The van der Waals surface area contributed by atoms with Crippen molar-refractivity contribution in [2.24, 2.45) is 0 Å². The normalized spacial score (nSPS) is 19.8. The molecule has 2 fully saturated rings. The Hall–Kier alpha value is -3.68. The van der Waals surface area contributed by atoms with E-state index in [4.69, 9.17) is 21.9 Å². The van der Waals surface area contributed by atoms with Crippen LogP contribution in [-0.4, -0.2) is 41.0 Å². The maximum atomic E-state index is 5.90. The highest BCUT2D eigenvalue weighted by Gasteiger charge is 2.42. The van der Waals surface area contributed by atoms with Crippen LogP contribution in [0.2, 0.25) is 0 Å². The van der Waals surface area contributed by atoms with Crippen LogP contribution in [0.15, 0.2) is 85.1 Å². The van der Waals surface area contributed by atoms with Crippen molar-refractivity contribution in [3.8, 4) is 5.69 Å². The van der Waals surface area contributed by atoms with Gasteiger partial charge in [-0.2, -0.15) is 0 Å². The quantitative estimate of drug-likeness (QED) is 0.358. The van der Waals surface area contributed by atoms with Crippen LogP contribution in [0.5, 0.6) is 0 Å². The van der Waals surface area contributed by atoms with E-state index in [0.717, 1.165) is 43.4 Å². The first-order chi connectivity index (χ1) is 18.1. The highest BCUT2D eigenvalue weighted by atomic mass is 32.1. The minimum Gasteiger partial charge on any atom is -0.378 e. The van der Waals surface area contributed by atoms with Gasteiger partial charge in [0.15, 0.2) is 5.11 Å². The molecule has 2 aromatic carbocycles. The largest absolute Gasteiger partial charge is 0.378 e. The summed E-state index contributed by atoms with van der Waals surface area (Å²) in [6, 6.07) is 27.5. The topological polar surface area (TPSA) is 45.6 Å². The van der Waals surface area contributed by atoms with Gasteiger partial charge in [-0.15, -0.1) is 0 Å². The minimum absolute atomic E-state index is 0.0302. The molecule has 0 saturated carbocycles. The van der Waals surface area contributed by atoms with Crippen molar-refractivity contribution < 1.29 is 4.74 Å². The highest BCUT2D eigenvalue weighted by molar-refractivity contribution is 7.80. The van der Waals surface area contributed by atoms with Crippen molar-refractivity contribution in [2.45, 2.75) is 25.9 Å². The Morgan fingerprint density at radius 2 is 1.57 bits per heavy atom. The molecule has 0 amide bonds. The van der Waals surface area contributed by atoms with E-state index in [1.54, 1.807) is 0 Å². The number of anilines is 2. The second-order valence-electron chi connectivity index (χ2n) is 9.61. The van der Waals surface area contributed by atoms with Crippen molar-refractivity contribution in [3.63, 3.8) is 0 Å². The molecule has 188 valence electrons. The number of morpholine rings is 1. The summed E-state index contributed by atoms with van der Waals surface area (Å²) in [7, 11) is 0. The van der Waals surface area contributed by atoms with Crippen LogP contribution in [0.1, 0.15) is 34.7 Å². The van der Waals surface area contributed by atoms with Gasteiger partial charge in [0, 0.05) is 47.7 Å². The Morgan fingerprint density at radius 1 is 0.865 bits per heavy atom. The van der Waals surface area contributed by atoms with Crippen LogP contribution in [0.3, 0.4) is 0 Å². The average molecular weight is 510 g/mol. The van der Waals surface area contributed by atoms with Gasteiger partial charge in [-0.25, -0.2) is 0 Å².